The molecule has 1 heterocycles. The normalized spacial score (nSPS) is 11.3. The highest BCUT2D eigenvalue weighted by atomic mass is 16.5. The summed E-state index contributed by atoms with van der Waals surface area (Å²) >= 11 is 0. The van der Waals surface area contributed by atoms with Gasteiger partial charge < -0.3 is 4.74 Å². The summed E-state index contributed by atoms with van der Waals surface area (Å²) in [5, 5.41) is 0. The van der Waals surface area contributed by atoms with E-state index >= 15 is 0 Å². The molecule has 0 saturated carbocycles. The van der Waals surface area contributed by atoms with Crippen LogP contribution in [0.2, 0.25) is 0 Å². The fourth-order valence-electron chi connectivity index (χ4n) is 2.22. The van der Waals surface area contributed by atoms with E-state index in [1.54, 1.807) is 13.3 Å². The van der Waals surface area contributed by atoms with Gasteiger partial charge in [0.1, 0.15) is 5.75 Å². The third kappa shape index (κ3) is 4.17. The third-order valence-corrected chi connectivity index (χ3v) is 3.71. The number of carbonyl (C=O) groups excluding carboxylic acids is 1. The standard InChI is InChI=1S/C19H23NO2/c1-19(2,3)15-7-5-14(6-8-15)18(21)12-10-16-9-11-17(22-4)13-20-16/h5-9,11,13H,10,12H2,1-4H3. The lowest BCUT2D eigenvalue weighted by Crippen LogP contribution is -2.11. The van der Waals surface area contributed by atoms with E-state index in [1.165, 1.54) is 5.56 Å². The van der Waals surface area contributed by atoms with Crippen molar-refractivity contribution in [2.45, 2.75) is 39.0 Å². The van der Waals surface area contributed by atoms with Gasteiger partial charge in [0.2, 0.25) is 0 Å². The van der Waals surface area contributed by atoms with Crippen molar-refractivity contribution in [3.63, 3.8) is 0 Å². The van der Waals surface area contributed by atoms with Gasteiger partial charge in [-0.25, -0.2) is 0 Å². The van der Waals surface area contributed by atoms with Crippen molar-refractivity contribution in [1.29, 1.82) is 0 Å². The van der Waals surface area contributed by atoms with E-state index in [0.29, 0.717) is 12.8 Å². The minimum atomic E-state index is 0.106. The number of Topliss-reactive ketones (excluding diaryl/α,β-unsaturated/α-hetero) is 1. The predicted molar refractivity (Wildman–Crippen MR) is 88.6 cm³/mol. The summed E-state index contributed by atoms with van der Waals surface area (Å²) in [4.78, 5) is 16.5. The number of hydrogen-bond donors (Lipinski definition) is 0. The first-order chi connectivity index (χ1) is 10.4. The van der Waals surface area contributed by atoms with Crippen LogP contribution in [0.5, 0.6) is 5.75 Å². The Morgan fingerprint density at radius 3 is 2.27 bits per heavy atom. The van der Waals surface area contributed by atoms with Crippen LogP contribution in [0.4, 0.5) is 0 Å². The van der Waals surface area contributed by atoms with Gasteiger partial charge in [0.05, 0.1) is 13.3 Å². The van der Waals surface area contributed by atoms with Gasteiger partial charge in [0, 0.05) is 17.7 Å². The van der Waals surface area contributed by atoms with Crippen LogP contribution >= 0.6 is 0 Å². The zero-order valence-corrected chi connectivity index (χ0v) is 13.7. The fraction of sp³-hybridized carbons (Fsp3) is 0.368. The number of nitrogens with zero attached hydrogens (tertiary/aromatic N) is 1. The third-order valence-electron chi connectivity index (χ3n) is 3.71. The van der Waals surface area contributed by atoms with Crippen LogP contribution in [0.25, 0.3) is 0 Å². The zero-order chi connectivity index (χ0) is 16.2. The van der Waals surface area contributed by atoms with Crippen LogP contribution in [-0.2, 0) is 11.8 Å². The monoisotopic (exact) mass is 297 g/mol. The Morgan fingerprint density at radius 1 is 1.09 bits per heavy atom. The molecule has 0 aliphatic rings. The molecule has 0 amide bonds. The molecule has 0 atom stereocenters. The number of aromatic nitrogens is 1. The summed E-state index contributed by atoms with van der Waals surface area (Å²) in [7, 11) is 1.61. The molecule has 0 saturated heterocycles. The number of pyridine rings is 1. The SMILES string of the molecule is COc1ccc(CCC(=O)c2ccc(C(C)(C)C)cc2)nc1. The lowest BCUT2D eigenvalue weighted by Gasteiger charge is -2.18. The molecule has 0 N–H and O–H groups in total. The van der Waals surface area contributed by atoms with Gasteiger partial charge in [-0.3, -0.25) is 9.78 Å². The topological polar surface area (TPSA) is 39.2 Å². The van der Waals surface area contributed by atoms with Crippen molar-refractivity contribution in [2.24, 2.45) is 0 Å². The quantitative estimate of drug-likeness (QED) is 0.776. The number of aryl methyl sites for hydroxylation is 1. The Balaban J connectivity index is 1.97. The van der Waals surface area contributed by atoms with Crippen molar-refractivity contribution in [3.05, 3.63) is 59.4 Å². The van der Waals surface area contributed by atoms with Gasteiger partial charge in [-0.05, 0) is 29.5 Å². The minimum absolute atomic E-state index is 0.106. The van der Waals surface area contributed by atoms with Gasteiger partial charge in [-0.1, -0.05) is 45.0 Å². The zero-order valence-electron chi connectivity index (χ0n) is 13.7. The Kier molecular flexibility index (Phi) is 4.96. The summed E-state index contributed by atoms with van der Waals surface area (Å²) in [6, 6.07) is 11.7. The molecule has 0 radical (unpaired) electrons. The maximum atomic E-state index is 12.2. The molecule has 0 bridgehead atoms. The van der Waals surface area contributed by atoms with Crippen molar-refractivity contribution >= 4 is 5.78 Å². The maximum absolute atomic E-state index is 12.2. The summed E-state index contributed by atoms with van der Waals surface area (Å²) < 4.78 is 5.07. The number of hydrogen-bond acceptors (Lipinski definition) is 3. The summed E-state index contributed by atoms with van der Waals surface area (Å²) in [5.41, 5.74) is 3.01. The van der Waals surface area contributed by atoms with Crippen LogP contribution < -0.4 is 4.74 Å². The average molecular weight is 297 g/mol. The second kappa shape index (κ2) is 6.73. The lowest BCUT2D eigenvalue weighted by atomic mass is 9.86. The Morgan fingerprint density at radius 2 is 1.77 bits per heavy atom. The molecule has 2 aromatic rings. The molecule has 0 fully saturated rings. The second-order valence-corrected chi connectivity index (χ2v) is 6.44. The predicted octanol–water partition coefficient (Wildman–Crippen LogP) is 4.20. The van der Waals surface area contributed by atoms with Crippen LogP contribution in [0.15, 0.2) is 42.6 Å². The molecule has 2 rings (SSSR count). The number of ether oxygens (including phenoxy) is 1. The Hall–Kier alpha value is -2.16. The number of benzene rings is 1. The minimum Gasteiger partial charge on any atom is -0.495 e. The number of ketones is 1. The van der Waals surface area contributed by atoms with Crippen LogP contribution in [0, 0.1) is 0 Å². The Labute approximate surface area is 132 Å². The van der Waals surface area contributed by atoms with Crippen LogP contribution in [0.1, 0.15) is 48.8 Å². The molecule has 0 spiro atoms. The molecule has 1 aromatic heterocycles. The lowest BCUT2D eigenvalue weighted by molar-refractivity contribution is 0.0982. The summed E-state index contributed by atoms with van der Waals surface area (Å²) in [6.07, 6.45) is 2.79. The first kappa shape index (κ1) is 16.2. The van der Waals surface area contributed by atoms with E-state index in [2.05, 4.69) is 25.8 Å². The average Bonchev–Trinajstić information content (AvgIpc) is 2.52. The highest BCUT2D eigenvalue weighted by Gasteiger charge is 2.14. The van der Waals surface area contributed by atoms with Gasteiger partial charge >= 0.3 is 0 Å². The van der Waals surface area contributed by atoms with Crippen LogP contribution in [-0.4, -0.2) is 17.9 Å². The highest BCUT2D eigenvalue weighted by molar-refractivity contribution is 5.96. The summed E-state index contributed by atoms with van der Waals surface area (Å²) in [5.74, 6) is 0.880. The van der Waals surface area contributed by atoms with E-state index in [1.807, 2.05) is 36.4 Å². The molecule has 0 aliphatic heterocycles. The van der Waals surface area contributed by atoms with Crippen molar-refractivity contribution in [2.75, 3.05) is 7.11 Å². The molecular formula is C19H23NO2. The van der Waals surface area contributed by atoms with Crippen molar-refractivity contribution in [1.82, 2.24) is 4.98 Å². The Bertz CT molecular complexity index is 622. The van der Waals surface area contributed by atoms with E-state index in [0.717, 1.165) is 17.0 Å². The number of rotatable bonds is 5. The van der Waals surface area contributed by atoms with E-state index in [9.17, 15) is 4.79 Å². The van der Waals surface area contributed by atoms with Crippen molar-refractivity contribution in [3.8, 4) is 5.75 Å². The van der Waals surface area contributed by atoms with E-state index in [4.69, 9.17) is 4.74 Å². The molecule has 3 heteroatoms. The second-order valence-electron chi connectivity index (χ2n) is 6.44. The van der Waals surface area contributed by atoms with Gasteiger partial charge in [-0.2, -0.15) is 0 Å². The number of carbonyl (C=O) groups is 1. The van der Waals surface area contributed by atoms with Crippen LogP contribution in [0.3, 0.4) is 0 Å². The molecule has 22 heavy (non-hydrogen) atoms. The van der Waals surface area contributed by atoms with Gasteiger partial charge in [0.25, 0.3) is 0 Å². The van der Waals surface area contributed by atoms with Gasteiger partial charge in [0.15, 0.2) is 5.78 Å². The molecule has 0 unspecified atom stereocenters. The van der Waals surface area contributed by atoms with E-state index < -0.39 is 0 Å². The molecular weight excluding hydrogens is 274 g/mol. The largest absolute Gasteiger partial charge is 0.495 e. The molecule has 116 valence electrons. The molecule has 1 aromatic carbocycles. The van der Waals surface area contributed by atoms with Crippen molar-refractivity contribution < 1.29 is 9.53 Å². The first-order valence-electron chi connectivity index (χ1n) is 7.53. The van der Waals surface area contributed by atoms with Gasteiger partial charge in [-0.15, -0.1) is 0 Å². The number of methoxy groups -OCH3 is 1. The maximum Gasteiger partial charge on any atom is 0.163 e. The molecule has 0 aliphatic carbocycles. The fourth-order valence-corrected chi connectivity index (χ4v) is 2.22. The molecule has 3 nitrogen and oxygen atoms in total. The first-order valence-corrected chi connectivity index (χ1v) is 7.53. The van der Waals surface area contributed by atoms with E-state index in [-0.39, 0.29) is 11.2 Å². The highest BCUT2D eigenvalue weighted by Crippen LogP contribution is 2.22. The summed E-state index contributed by atoms with van der Waals surface area (Å²) in [6.45, 7) is 6.50. The smallest absolute Gasteiger partial charge is 0.163 e.